The summed E-state index contributed by atoms with van der Waals surface area (Å²) in [6.07, 6.45) is 0. The van der Waals surface area contributed by atoms with E-state index in [2.05, 4.69) is 230 Å². The van der Waals surface area contributed by atoms with Gasteiger partial charge in [-0.2, -0.15) is 5.26 Å². The van der Waals surface area contributed by atoms with Crippen LogP contribution in [0.5, 0.6) is 0 Å². The van der Waals surface area contributed by atoms with Crippen molar-refractivity contribution in [2.45, 2.75) is 6.92 Å². The van der Waals surface area contributed by atoms with Crippen LogP contribution in [0.25, 0.3) is 99.4 Å². The highest BCUT2D eigenvalue weighted by Gasteiger charge is 2.31. The maximum atomic E-state index is 10.2. The minimum atomic E-state index is 0.648. The van der Waals surface area contributed by atoms with E-state index >= 15 is 0 Å². The van der Waals surface area contributed by atoms with Gasteiger partial charge in [-0.25, -0.2) is 0 Å². The lowest BCUT2D eigenvalue weighted by Crippen LogP contribution is -2.10. The lowest BCUT2D eigenvalue weighted by Gasteiger charge is -2.27. The number of rotatable bonds is 8. The van der Waals surface area contributed by atoms with Crippen LogP contribution in [0.2, 0.25) is 0 Å². The van der Waals surface area contributed by atoms with Crippen molar-refractivity contribution in [3.63, 3.8) is 0 Å². The van der Waals surface area contributed by atoms with Gasteiger partial charge in [-0.15, -0.1) is 0 Å². The fourth-order valence-electron chi connectivity index (χ4n) is 10.5. The van der Waals surface area contributed by atoms with E-state index in [0.29, 0.717) is 5.56 Å². The van der Waals surface area contributed by atoms with E-state index in [-0.39, 0.29) is 0 Å². The molecule has 0 atom stereocenters. The maximum absolute atomic E-state index is 10.2. The van der Waals surface area contributed by atoms with E-state index in [4.69, 9.17) is 0 Å². The molecule has 2 nitrogen and oxygen atoms in total. The summed E-state index contributed by atoms with van der Waals surface area (Å²) in [4.78, 5) is 2.33. The number of para-hydroxylation sites is 1. The van der Waals surface area contributed by atoms with Crippen LogP contribution in [0.15, 0.2) is 237 Å². The Balaban J connectivity index is 1.03. The summed E-state index contributed by atoms with van der Waals surface area (Å²) < 4.78 is 0. The Morgan fingerprint density at radius 2 is 0.803 bits per heavy atom. The fraction of sp³-hybridized carbons (Fsp3) is 0.0156. The minimum Gasteiger partial charge on any atom is -0.310 e. The number of nitriles is 1. The number of hydrogen-bond acceptors (Lipinski definition) is 2. The van der Waals surface area contributed by atoms with Gasteiger partial charge in [0.1, 0.15) is 0 Å². The molecule has 0 saturated carbocycles. The Morgan fingerprint density at radius 1 is 0.318 bits per heavy atom. The van der Waals surface area contributed by atoms with Gasteiger partial charge in [0.2, 0.25) is 0 Å². The lowest BCUT2D eigenvalue weighted by atomic mass is 9.82. The van der Waals surface area contributed by atoms with Crippen LogP contribution in [-0.2, 0) is 0 Å². The number of anilines is 3. The first-order valence-electron chi connectivity index (χ1n) is 22.6. The Hall–Kier alpha value is -8.77. The number of aryl methyl sites for hydroxylation is 1. The van der Waals surface area contributed by atoms with Gasteiger partial charge in [-0.05, 0) is 160 Å². The van der Waals surface area contributed by atoms with Crippen molar-refractivity contribution < 1.29 is 0 Å². The maximum Gasteiger partial charge on any atom is 0.0998 e. The molecule has 0 unspecified atom stereocenters. The molecule has 11 aromatic rings. The first-order valence-corrected chi connectivity index (χ1v) is 22.6. The Labute approximate surface area is 385 Å². The van der Waals surface area contributed by atoms with Crippen molar-refractivity contribution in [3.05, 3.63) is 248 Å². The highest BCUT2D eigenvalue weighted by molar-refractivity contribution is 6.28. The zero-order valence-electron chi connectivity index (χ0n) is 36.4. The number of fused-ring (bicyclic) bond motifs is 4. The van der Waals surface area contributed by atoms with E-state index in [1.54, 1.807) is 0 Å². The van der Waals surface area contributed by atoms with E-state index in [1.807, 2.05) is 24.3 Å². The first kappa shape index (κ1) is 38.9. The second-order valence-corrected chi connectivity index (χ2v) is 17.1. The molecule has 0 amide bonds. The molecular formula is C64H42N2. The number of hydrogen-bond donors (Lipinski definition) is 0. The largest absolute Gasteiger partial charge is 0.310 e. The SMILES string of the molecule is Cc1ccccc1-c1cc(-c2ccccc2C#N)cc(N(c2ccccc2)c2ccc(-c3ccc4c5c(cccc35)-c3c-4c(-c4ccccc4)c4ccccc4c3-c3ccccc3)cc2)c1. The van der Waals surface area contributed by atoms with E-state index in [1.165, 1.54) is 77.2 Å². The molecule has 0 N–H and O–H groups in total. The normalized spacial score (nSPS) is 11.4. The minimum absolute atomic E-state index is 0.648. The monoisotopic (exact) mass is 838 g/mol. The Bertz CT molecular complexity index is 3600. The lowest BCUT2D eigenvalue weighted by molar-refractivity contribution is 1.28. The number of benzene rings is 11. The van der Waals surface area contributed by atoms with Crippen LogP contribution < -0.4 is 4.90 Å². The molecule has 0 aliphatic heterocycles. The molecule has 66 heavy (non-hydrogen) atoms. The molecule has 0 fully saturated rings. The summed E-state index contributed by atoms with van der Waals surface area (Å²) in [7, 11) is 0. The summed E-state index contributed by atoms with van der Waals surface area (Å²) >= 11 is 0. The highest BCUT2D eigenvalue weighted by Crippen LogP contribution is 2.58. The third kappa shape index (κ3) is 6.41. The molecule has 1 aliphatic carbocycles. The molecule has 11 aromatic carbocycles. The second-order valence-electron chi connectivity index (χ2n) is 17.1. The molecule has 0 radical (unpaired) electrons. The summed E-state index contributed by atoms with van der Waals surface area (Å²) in [5.74, 6) is 0. The molecule has 2 heteroatoms. The molecule has 0 saturated heterocycles. The van der Waals surface area contributed by atoms with Crippen molar-refractivity contribution in [2.24, 2.45) is 0 Å². The molecule has 1 aliphatic rings. The molecule has 0 bridgehead atoms. The van der Waals surface area contributed by atoms with Gasteiger partial charge in [0.25, 0.3) is 0 Å². The summed E-state index contributed by atoms with van der Waals surface area (Å²) in [6, 6.07) is 87.5. The van der Waals surface area contributed by atoms with Gasteiger partial charge in [0.05, 0.1) is 11.6 Å². The van der Waals surface area contributed by atoms with Crippen LogP contribution in [0, 0.1) is 18.3 Å². The predicted octanol–water partition coefficient (Wildman–Crippen LogP) is 17.6. The van der Waals surface area contributed by atoms with Crippen molar-refractivity contribution in [2.75, 3.05) is 4.90 Å². The molecule has 0 aromatic heterocycles. The molecular weight excluding hydrogens is 797 g/mol. The average Bonchev–Trinajstić information content (AvgIpc) is 3.71. The quantitative estimate of drug-likeness (QED) is 0.152. The average molecular weight is 839 g/mol. The highest BCUT2D eigenvalue weighted by atomic mass is 15.1. The topological polar surface area (TPSA) is 27.0 Å². The third-order valence-corrected chi connectivity index (χ3v) is 13.4. The smallest absolute Gasteiger partial charge is 0.0998 e. The summed E-state index contributed by atoms with van der Waals surface area (Å²) in [5, 5.41) is 15.3. The van der Waals surface area contributed by atoms with Gasteiger partial charge in [-0.3, -0.25) is 0 Å². The Morgan fingerprint density at radius 3 is 1.44 bits per heavy atom. The first-order chi connectivity index (χ1) is 32.6. The van der Waals surface area contributed by atoms with Gasteiger partial charge < -0.3 is 4.90 Å². The van der Waals surface area contributed by atoms with Gasteiger partial charge in [-0.1, -0.05) is 188 Å². The Kier molecular flexibility index (Phi) is 9.48. The van der Waals surface area contributed by atoms with Gasteiger partial charge in [0.15, 0.2) is 0 Å². The van der Waals surface area contributed by atoms with E-state index in [9.17, 15) is 5.26 Å². The molecule has 0 spiro atoms. The van der Waals surface area contributed by atoms with Crippen LogP contribution in [-0.4, -0.2) is 0 Å². The fourth-order valence-corrected chi connectivity index (χ4v) is 10.5. The molecule has 0 heterocycles. The van der Waals surface area contributed by atoms with Gasteiger partial charge in [0, 0.05) is 17.1 Å². The standard InChI is InChI=1S/C64H42N2/c1-42-18-11-13-26-52(42)47-38-48(53-27-14-12-23-46(53)41-65)40-51(39-47)66(49-24-9-4-10-25-49)50-34-32-43(33-35-50)54-36-37-59-62-55(54)30-17-31-58(62)63-60(44-19-5-2-6-20-44)56-28-15-16-29-57(56)61(64(59)63)45-21-7-3-8-22-45/h2-40H,1H3. The zero-order valence-corrected chi connectivity index (χ0v) is 36.4. The van der Waals surface area contributed by atoms with Crippen LogP contribution in [0.4, 0.5) is 17.1 Å². The predicted molar refractivity (Wildman–Crippen MR) is 277 cm³/mol. The summed E-state index contributed by atoms with van der Waals surface area (Å²) in [5.41, 5.74) is 21.6. The third-order valence-electron chi connectivity index (χ3n) is 13.4. The number of nitrogens with zero attached hydrogens (tertiary/aromatic N) is 2. The summed E-state index contributed by atoms with van der Waals surface area (Å²) in [6.45, 7) is 2.16. The van der Waals surface area contributed by atoms with Crippen molar-refractivity contribution >= 4 is 38.6 Å². The van der Waals surface area contributed by atoms with Crippen molar-refractivity contribution in [3.8, 4) is 84.0 Å². The molecule has 308 valence electrons. The van der Waals surface area contributed by atoms with Crippen LogP contribution >= 0.6 is 0 Å². The molecule has 12 rings (SSSR count). The van der Waals surface area contributed by atoms with Gasteiger partial charge >= 0.3 is 0 Å². The second kappa shape index (κ2) is 16.1. The van der Waals surface area contributed by atoms with E-state index < -0.39 is 0 Å². The van der Waals surface area contributed by atoms with Crippen LogP contribution in [0.1, 0.15) is 11.1 Å². The van der Waals surface area contributed by atoms with E-state index in [0.717, 1.165) is 44.9 Å². The van der Waals surface area contributed by atoms with Crippen LogP contribution in [0.3, 0.4) is 0 Å². The van der Waals surface area contributed by atoms with Crippen molar-refractivity contribution in [1.29, 1.82) is 5.26 Å². The van der Waals surface area contributed by atoms with Crippen molar-refractivity contribution in [1.82, 2.24) is 0 Å². The zero-order chi connectivity index (χ0) is 44.1.